The molecule has 0 aliphatic rings. The van der Waals surface area contributed by atoms with Gasteiger partial charge in [-0.3, -0.25) is 9.10 Å². The van der Waals surface area contributed by atoms with Crippen LogP contribution in [-0.2, 0) is 14.8 Å². The topological polar surface area (TPSA) is 57.7 Å². The Balaban J connectivity index is 3.22. The molecule has 0 atom stereocenters. The Kier molecular flexibility index (Phi) is 4.81. The van der Waals surface area contributed by atoms with Crippen LogP contribution in [0.5, 0.6) is 0 Å². The molecule has 0 saturated heterocycles. The van der Waals surface area contributed by atoms with Crippen LogP contribution < -0.4 is 4.31 Å². The molecule has 0 spiro atoms. The van der Waals surface area contributed by atoms with Gasteiger partial charge in [-0.2, -0.15) is 0 Å². The number of benzene rings is 1. The number of hydrogen-bond acceptors (Lipinski definition) is 3. The van der Waals surface area contributed by atoms with E-state index in [1.54, 1.807) is 39.2 Å². The third-order valence-corrected chi connectivity index (χ3v) is 3.97. The molecular formula is C12H17ClN2O3S. The van der Waals surface area contributed by atoms with Crippen LogP contribution in [0.15, 0.2) is 18.2 Å². The van der Waals surface area contributed by atoms with Crippen molar-refractivity contribution in [1.29, 1.82) is 0 Å². The van der Waals surface area contributed by atoms with Crippen molar-refractivity contribution < 1.29 is 13.2 Å². The molecule has 1 amide bonds. The van der Waals surface area contributed by atoms with Gasteiger partial charge < -0.3 is 4.90 Å². The first-order valence-electron chi connectivity index (χ1n) is 5.57. The summed E-state index contributed by atoms with van der Waals surface area (Å²) in [6.07, 6.45) is 1.07. The largest absolute Gasteiger partial charge is 0.347 e. The van der Waals surface area contributed by atoms with Crippen LogP contribution in [0.1, 0.15) is 5.56 Å². The van der Waals surface area contributed by atoms with Crippen LogP contribution in [-0.4, -0.2) is 46.1 Å². The minimum absolute atomic E-state index is 0.228. The lowest BCUT2D eigenvalue weighted by Crippen LogP contribution is -2.40. The molecular weight excluding hydrogens is 288 g/mol. The van der Waals surface area contributed by atoms with Gasteiger partial charge in [-0.05, 0) is 30.7 Å². The first-order valence-corrected chi connectivity index (χ1v) is 7.79. The minimum atomic E-state index is -3.54. The van der Waals surface area contributed by atoms with E-state index in [4.69, 9.17) is 11.6 Å². The molecule has 0 heterocycles. The molecule has 0 fully saturated rings. The zero-order valence-electron chi connectivity index (χ0n) is 11.3. The number of aryl methyl sites for hydroxylation is 1. The third-order valence-electron chi connectivity index (χ3n) is 2.61. The number of carbonyl (C=O) groups is 1. The van der Waals surface area contributed by atoms with E-state index < -0.39 is 10.0 Å². The number of amides is 1. The number of hydrogen-bond donors (Lipinski definition) is 0. The molecule has 19 heavy (non-hydrogen) atoms. The van der Waals surface area contributed by atoms with Crippen LogP contribution in [0.3, 0.4) is 0 Å². The molecule has 0 aliphatic heterocycles. The molecule has 1 aromatic carbocycles. The molecule has 1 aromatic rings. The monoisotopic (exact) mass is 304 g/mol. The predicted molar refractivity (Wildman–Crippen MR) is 77.1 cm³/mol. The van der Waals surface area contributed by atoms with E-state index in [0.717, 1.165) is 10.6 Å². The average Bonchev–Trinajstić information content (AvgIpc) is 2.24. The molecule has 7 heteroatoms. The van der Waals surface area contributed by atoms with Crippen molar-refractivity contribution in [3.8, 4) is 0 Å². The summed E-state index contributed by atoms with van der Waals surface area (Å²) in [4.78, 5) is 13.1. The van der Waals surface area contributed by atoms with E-state index in [2.05, 4.69) is 0 Å². The summed E-state index contributed by atoms with van der Waals surface area (Å²) in [5.74, 6) is -0.292. The summed E-state index contributed by atoms with van der Waals surface area (Å²) < 4.78 is 24.8. The van der Waals surface area contributed by atoms with Gasteiger partial charge in [-0.1, -0.05) is 11.6 Å². The molecule has 0 N–H and O–H groups in total. The number of sulfonamides is 1. The predicted octanol–water partition coefficient (Wildman–Crippen LogP) is 1.50. The second-order valence-corrected chi connectivity index (χ2v) is 6.83. The number of halogens is 1. The summed E-state index contributed by atoms with van der Waals surface area (Å²) >= 11 is 5.85. The summed E-state index contributed by atoms with van der Waals surface area (Å²) in [6.45, 7) is 1.52. The standard InChI is InChI=1S/C12H17ClN2O3S/c1-9-7-10(13)5-6-11(9)15(19(4,17)18)8-12(16)14(2)3/h5-7H,8H2,1-4H3. The van der Waals surface area contributed by atoms with E-state index in [1.165, 1.54) is 4.90 Å². The number of nitrogens with zero attached hydrogens (tertiary/aromatic N) is 2. The average molecular weight is 305 g/mol. The van der Waals surface area contributed by atoms with E-state index >= 15 is 0 Å². The van der Waals surface area contributed by atoms with E-state index in [9.17, 15) is 13.2 Å². The van der Waals surface area contributed by atoms with Gasteiger partial charge in [-0.15, -0.1) is 0 Å². The van der Waals surface area contributed by atoms with Crippen molar-refractivity contribution in [3.63, 3.8) is 0 Å². The number of likely N-dealkylation sites (N-methyl/N-ethyl adjacent to an activating group) is 1. The minimum Gasteiger partial charge on any atom is -0.347 e. The highest BCUT2D eigenvalue weighted by molar-refractivity contribution is 7.92. The maximum absolute atomic E-state index is 11.8. The van der Waals surface area contributed by atoms with Gasteiger partial charge in [0, 0.05) is 19.1 Å². The fourth-order valence-corrected chi connectivity index (χ4v) is 2.68. The lowest BCUT2D eigenvalue weighted by atomic mass is 10.2. The quantitative estimate of drug-likeness (QED) is 0.847. The summed E-state index contributed by atoms with van der Waals surface area (Å²) in [7, 11) is -0.377. The lowest BCUT2D eigenvalue weighted by molar-refractivity contribution is -0.127. The molecule has 0 bridgehead atoms. The maximum Gasteiger partial charge on any atom is 0.242 e. The SMILES string of the molecule is Cc1cc(Cl)ccc1N(CC(=O)N(C)C)S(C)(=O)=O. The zero-order valence-corrected chi connectivity index (χ0v) is 12.9. The van der Waals surface area contributed by atoms with Crippen LogP contribution >= 0.6 is 11.6 Å². The number of carbonyl (C=O) groups excluding carboxylic acids is 1. The van der Waals surface area contributed by atoms with Crippen molar-refractivity contribution in [2.24, 2.45) is 0 Å². The van der Waals surface area contributed by atoms with Crippen molar-refractivity contribution >= 4 is 33.2 Å². The van der Waals surface area contributed by atoms with Crippen LogP contribution in [0.2, 0.25) is 5.02 Å². The second-order valence-electron chi connectivity index (χ2n) is 4.49. The molecule has 1 rings (SSSR count). The normalized spacial score (nSPS) is 11.2. The highest BCUT2D eigenvalue weighted by Gasteiger charge is 2.23. The first-order chi connectivity index (χ1) is 8.62. The van der Waals surface area contributed by atoms with Gasteiger partial charge in [0.25, 0.3) is 0 Å². The van der Waals surface area contributed by atoms with E-state index in [-0.39, 0.29) is 12.5 Å². The van der Waals surface area contributed by atoms with Crippen molar-refractivity contribution in [2.75, 3.05) is 31.2 Å². The van der Waals surface area contributed by atoms with Gasteiger partial charge in [0.05, 0.1) is 11.9 Å². The summed E-state index contributed by atoms with van der Waals surface area (Å²) in [6, 6.07) is 4.86. The Morgan fingerprint density at radius 1 is 1.32 bits per heavy atom. The van der Waals surface area contributed by atoms with Gasteiger partial charge in [0.15, 0.2) is 0 Å². The maximum atomic E-state index is 11.8. The van der Waals surface area contributed by atoms with Gasteiger partial charge >= 0.3 is 0 Å². The summed E-state index contributed by atoms with van der Waals surface area (Å²) in [5.41, 5.74) is 1.16. The zero-order chi connectivity index (χ0) is 14.8. The number of anilines is 1. The Morgan fingerprint density at radius 2 is 1.89 bits per heavy atom. The highest BCUT2D eigenvalue weighted by Crippen LogP contribution is 2.25. The lowest BCUT2D eigenvalue weighted by Gasteiger charge is -2.25. The Labute approximate surface area is 118 Å². The van der Waals surface area contributed by atoms with Crippen molar-refractivity contribution in [2.45, 2.75) is 6.92 Å². The van der Waals surface area contributed by atoms with Crippen molar-refractivity contribution in [3.05, 3.63) is 28.8 Å². The molecule has 106 valence electrons. The summed E-state index contributed by atoms with van der Waals surface area (Å²) in [5, 5.41) is 0.522. The van der Waals surface area contributed by atoms with Crippen molar-refractivity contribution in [1.82, 2.24) is 4.90 Å². The highest BCUT2D eigenvalue weighted by atomic mass is 35.5. The van der Waals surface area contributed by atoms with Crippen LogP contribution in [0.25, 0.3) is 0 Å². The van der Waals surface area contributed by atoms with Gasteiger partial charge in [-0.25, -0.2) is 8.42 Å². The van der Waals surface area contributed by atoms with Crippen LogP contribution in [0.4, 0.5) is 5.69 Å². The van der Waals surface area contributed by atoms with Gasteiger partial charge in [0.2, 0.25) is 15.9 Å². The molecule has 0 aromatic heterocycles. The first kappa shape index (κ1) is 15.8. The number of rotatable bonds is 4. The molecule has 0 radical (unpaired) electrons. The Bertz CT molecular complexity index is 585. The van der Waals surface area contributed by atoms with E-state index in [1.807, 2.05) is 0 Å². The smallest absolute Gasteiger partial charge is 0.242 e. The fourth-order valence-electron chi connectivity index (χ4n) is 1.54. The fraction of sp³-hybridized carbons (Fsp3) is 0.417. The van der Waals surface area contributed by atoms with Crippen LogP contribution in [0, 0.1) is 6.92 Å². The molecule has 5 nitrogen and oxygen atoms in total. The van der Waals surface area contributed by atoms with Gasteiger partial charge in [0.1, 0.15) is 6.54 Å². The molecule has 0 aliphatic carbocycles. The molecule has 0 saturated carbocycles. The third kappa shape index (κ3) is 4.11. The van der Waals surface area contributed by atoms with E-state index in [0.29, 0.717) is 16.3 Å². The Hall–Kier alpha value is -1.27. The molecule has 0 unspecified atom stereocenters. The Morgan fingerprint density at radius 3 is 2.32 bits per heavy atom. The second kappa shape index (κ2) is 5.79.